The molecule has 0 saturated heterocycles. The molecular weight excluding hydrogens is 620 g/mol. The minimum Gasteiger partial charge on any atom is -0.391 e. The normalized spacial score (nSPS) is 11.4. The number of aromatic nitrogens is 1. The molecule has 5 rings (SSSR count). The van der Waals surface area contributed by atoms with E-state index in [1.54, 1.807) is 42.7 Å². The average molecular weight is 656 g/mol. The molecule has 0 fully saturated rings. The van der Waals surface area contributed by atoms with E-state index in [1.165, 1.54) is 35.7 Å². The zero-order valence-electron chi connectivity index (χ0n) is 26.3. The molecule has 2 heterocycles. The third-order valence-corrected chi connectivity index (χ3v) is 9.14. The number of pyridine rings is 1. The number of Topliss-reactive ketones (excluding diaryl/α,β-unsaturated/α-hetero) is 1. The summed E-state index contributed by atoms with van der Waals surface area (Å²) < 4.78 is 31.4. The molecule has 2 N–H and O–H groups in total. The minimum absolute atomic E-state index is 0.0212. The van der Waals surface area contributed by atoms with Crippen LogP contribution in [0.3, 0.4) is 0 Å². The van der Waals surface area contributed by atoms with E-state index in [9.17, 15) is 28.3 Å². The molecule has 3 aromatic carbocycles. The Balaban J connectivity index is 1.71. The Hall–Kier alpha value is -4.77. The van der Waals surface area contributed by atoms with Crippen molar-refractivity contribution in [1.82, 2.24) is 9.47 Å². The number of fused-ring (bicyclic) bond motifs is 1. The van der Waals surface area contributed by atoms with E-state index in [0.717, 1.165) is 16.0 Å². The first-order valence-electron chi connectivity index (χ1n) is 15.1. The number of halogens is 2. The van der Waals surface area contributed by atoms with Gasteiger partial charge in [0.25, 0.3) is 5.91 Å². The Morgan fingerprint density at radius 2 is 1.62 bits per heavy atom. The highest BCUT2D eigenvalue weighted by Gasteiger charge is 2.26. The summed E-state index contributed by atoms with van der Waals surface area (Å²) in [6.45, 7) is 7.17. The van der Waals surface area contributed by atoms with Crippen molar-refractivity contribution in [1.29, 1.82) is 0 Å². The van der Waals surface area contributed by atoms with Gasteiger partial charge in [-0.15, -0.1) is 11.3 Å². The number of carbonyl (C=O) groups excluding carboxylic acids is 2. The number of benzene rings is 3. The Kier molecular flexibility index (Phi) is 10.2. The second kappa shape index (κ2) is 14.3. The standard InChI is InChI=1S/C37H35F2N3O4S/c1-22(2)33(44)29-20-42(19-27-30(38)11-8-12-31(27)39)37-32(34(29)45)28(18-41(4)17-24-9-6-5-7-10-24)35(47-37)25-13-15-26(16-14-25)40-36(46)23(3)21-43/h5-16,20,22,43H,3,17-19,21H2,1-2,4H3,(H,40,46). The van der Waals surface area contributed by atoms with Crippen molar-refractivity contribution in [3.8, 4) is 10.4 Å². The monoisotopic (exact) mass is 655 g/mol. The van der Waals surface area contributed by atoms with Crippen LogP contribution in [0.25, 0.3) is 20.7 Å². The third-order valence-electron chi connectivity index (χ3n) is 7.83. The number of nitrogens with zero attached hydrogens (tertiary/aromatic N) is 2. The molecule has 0 aliphatic rings. The highest BCUT2D eigenvalue weighted by molar-refractivity contribution is 7.22. The number of hydrogen-bond donors (Lipinski definition) is 2. The first kappa shape index (κ1) is 33.6. The molecule has 1 amide bonds. The molecule has 7 nitrogen and oxygen atoms in total. The number of hydrogen-bond acceptors (Lipinski definition) is 6. The number of carbonyl (C=O) groups is 2. The first-order chi connectivity index (χ1) is 22.5. The van der Waals surface area contributed by atoms with Gasteiger partial charge in [-0.3, -0.25) is 19.3 Å². The molecule has 0 saturated carbocycles. The largest absolute Gasteiger partial charge is 0.391 e. The molecule has 47 heavy (non-hydrogen) atoms. The summed E-state index contributed by atoms with van der Waals surface area (Å²) in [4.78, 5) is 43.1. The molecular formula is C37H35F2N3O4S. The first-order valence-corrected chi connectivity index (χ1v) is 15.9. The van der Waals surface area contributed by atoms with E-state index in [1.807, 2.05) is 37.4 Å². The minimum atomic E-state index is -0.727. The van der Waals surface area contributed by atoms with Crippen molar-refractivity contribution in [2.75, 3.05) is 19.0 Å². The van der Waals surface area contributed by atoms with Gasteiger partial charge in [0.1, 0.15) is 16.5 Å². The fourth-order valence-electron chi connectivity index (χ4n) is 5.35. The van der Waals surface area contributed by atoms with Gasteiger partial charge in [0.2, 0.25) is 5.43 Å². The summed E-state index contributed by atoms with van der Waals surface area (Å²) in [5.41, 5.74) is 2.35. The molecule has 0 radical (unpaired) electrons. The SMILES string of the molecule is C=C(CO)C(=O)Nc1ccc(-c2sc3c(c2CN(C)Cc2ccccc2)c(=O)c(C(=O)C(C)C)cn3Cc2c(F)cccc2F)cc1. The highest BCUT2D eigenvalue weighted by atomic mass is 32.1. The molecule has 2 aromatic heterocycles. The molecule has 0 aliphatic carbocycles. The third kappa shape index (κ3) is 7.30. The van der Waals surface area contributed by atoms with Crippen molar-refractivity contribution >= 4 is 38.9 Å². The lowest BCUT2D eigenvalue weighted by Gasteiger charge is -2.18. The van der Waals surface area contributed by atoms with Crippen LogP contribution in [0.4, 0.5) is 14.5 Å². The number of amides is 1. The van der Waals surface area contributed by atoms with Crippen LogP contribution in [-0.2, 0) is 24.4 Å². The molecule has 0 aliphatic heterocycles. The Morgan fingerprint density at radius 3 is 2.23 bits per heavy atom. The Morgan fingerprint density at radius 1 is 0.957 bits per heavy atom. The number of rotatable bonds is 12. The second-order valence-electron chi connectivity index (χ2n) is 11.8. The quantitative estimate of drug-likeness (QED) is 0.111. The van der Waals surface area contributed by atoms with Gasteiger partial charge in [0.15, 0.2) is 5.78 Å². The van der Waals surface area contributed by atoms with E-state index in [2.05, 4.69) is 16.8 Å². The summed E-state index contributed by atoms with van der Waals surface area (Å²) in [5.74, 6) is -2.80. The predicted molar refractivity (Wildman–Crippen MR) is 183 cm³/mol. The number of aliphatic hydroxyl groups is 1. The number of aliphatic hydroxyl groups excluding tert-OH is 1. The molecule has 10 heteroatoms. The molecule has 0 bridgehead atoms. The average Bonchev–Trinajstić information content (AvgIpc) is 3.43. The summed E-state index contributed by atoms with van der Waals surface area (Å²) in [5, 5.41) is 12.3. The van der Waals surface area contributed by atoms with Crippen LogP contribution in [0, 0.1) is 17.6 Å². The maximum atomic E-state index is 14.9. The molecule has 0 spiro atoms. The van der Waals surface area contributed by atoms with Gasteiger partial charge in [0.05, 0.1) is 24.1 Å². The zero-order chi connectivity index (χ0) is 33.8. The molecule has 242 valence electrons. The van der Waals surface area contributed by atoms with Gasteiger partial charge in [-0.2, -0.15) is 0 Å². The fourth-order valence-corrected chi connectivity index (χ4v) is 6.64. The van der Waals surface area contributed by atoms with Crippen molar-refractivity contribution in [2.45, 2.75) is 33.5 Å². The van der Waals surface area contributed by atoms with Crippen LogP contribution < -0.4 is 10.7 Å². The summed E-state index contributed by atoms with van der Waals surface area (Å²) >= 11 is 1.30. The zero-order valence-corrected chi connectivity index (χ0v) is 27.2. The highest BCUT2D eigenvalue weighted by Crippen LogP contribution is 2.39. The lowest BCUT2D eigenvalue weighted by Crippen LogP contribution is -2.24. The van der Waals surface area contributed by atoms with Gasteiger partial charge < -0.3 is 15.0 Å². The number of anilines is 1. The summed E-state index contributed by atoms with van der Waals surface area (Å²) in [7, 11) is 1.93. The topological polar surface area (TPSA) is 91.6 Å². The van der Waals surface area contributed by atoms with Crippen LogP contribution in [0.15, 0.2) is 95.9 Å². The van der Waals surface area contributed by atoms with Crippen molar-refractivity contribution in [3.63, 3.8) is 0 Å². The summed E-state index contributed by atoms with van der Waals surface area (Å²) in [6, 6.07) is 20.5. The van der Waals surface area contributed by atoms with Crippen molar-refractivity contribution < 1.29 is 23.5 Å². The van der Waals surface area contributed by atoms with Gasteiger partial charge in [-0.1, -0.05) is 69.0 Å². The van der Waals surface area contributed by atoms with E-state index in [0.29, 0.717) is 34.6 Å². The number of ketones is 1. The van der Waals surface area contributed by atoms with Crippen LogP contribution in [0.1, 0.15) is 40.9 Å². The Labute approximate surface area is 275 Å². The number of thiophene rings is 1. The second-order valence-corrected chi connectivity index (χ2v) is 12.8. The van der Waals surface area contributed by atoms with Gasteiger partial charge in [0, 0.05) is 46.9 Å². The smallest absolute Gasteiger partial charge is 0.253 e. The van der Waals surface area contributed by atoms with E-state index in [-0.39, 0.29) is 29.0 Å². The van der Waals surface area contributed by atoms with Crippen LogP contribution in [-0.4, -0.2) is 39.9 Å². The van der Waals surface area contributed by atoms with E-state index in [4.69, 9.17) is 0 Å². The van der Waals surface area contributed by atoms with Gasteiger partial charge in [-0.05, 0) is 48.0 Å². The molecule has 0 unspecified atom stereocenters. The van der Waals surface area contributed by atoms with Crippen molar-refractivity contribution in [3.05, 3.63) is 135 Å². The number of nitrogens with one attached hydrogen (secondary N) is 1. The van der Waals surface area contributed by atoms with Crippen LogP contribution in [0.5, 0.6) is 0 Å². The van der Waals surface area contributed by atoms with Crippen molar-refractivity contribution in [2.24, 2.45) is 5.92 Å². The van der Waals surface area contributed by atoms with Gasteiger partial charge in [-0.25, -0.2) is 8.78 Å². The molecule has 5 aromatic rings. The van der Waals surface area contributed by atoms with Crippen LogP contribution >= 0.6 is 11.3 Å². The molecule has 0 atom stereocenters. The summed E-state index contributed by atoms with van der Waals surface area (Å²) in [6.07, 6.45) is 1.42. The fraction of sp³-hybridized carbons (Fsp3) is 0.216. The maximum Gasteiger partial charge on any atom is 0.253 e. The predicted octanol–water partition coefficient (Wildman–Crippen LogP) is 7.01. The Bertz CT molecular complexity index is 2000. The van der Waals surface area contributed by atoms with E-state index < -0.39 is 35.5 Å². The lowest BCUT2D eigenvalue weighted by atomic mass is 9.99. The maximum absolute atomic E-state index is 14.9. The van der Waals surface area contributed by atoms with Crippen LogP contribution in [0.2, 0.25) is 0 Å². The lowest BCUT2D eigenvalue weighted by molar-refractivity contribution is -0.113. The van der Waals surface area contributed by atoms with E-state index >= 15 is 0 Å². The van der Waals surface area contributed by atoms with Gasteiger partial charge >= 0.3 is 0 Å².